The van der Waals surface area contributed by atoms with Gasteiger partial charge in [0.1, 0.15) is 17.2 Å². The lowest BCUT2D eigenvalue weighted by atomic mass is 9.95. The highest BCUT2D eigenvalue weighted by Gasteiger charge is 2.34. The third-order valence-corrected chi connectivity index (χ3v) is 4.96. The molecule has 0 aromatic heterocycles. The highest BCUT2D eigenvalue weighted by molar-refractivity contribution is 14.1. The van der Waals surface area contributed by atoms with Crippen LogP contribution < -0.4 is 10.6 Å². The molecule has 1 aromatic rings. The molecule has 3 N–H and O–H groups in total. The maximum Gasteiger partial charge on any atom is 0.183 e. The molecule has 0 unspecified atom stereocenters. The lowest BCUT2D eigenvalue weighted by molar-refractivity contribution is -0.116. The Bertz CT molecular complexity index is 725. The minimum absolute atomic E-state index is 0.0313. The van der Waals surface area contributed by atoms with Crippen LogP contribution in [0.25, 0.3) is 0 Å². The summed E-state index contributed by atoms with van der Waals surface area (Å²) in [4.78, 5) is 26.7. The molecule has 1 aromatic carbocycles. The Morgan fingerprint density at radius 2 is 1.67 bits per heavy atom. The lowest BCUT2D eigenvalue weighted by Gasteiger charge is -2.33. The third kappa shape index (κ3) is 3.19. The van der Waals surface area contributed by atoms with E-state index in [0.717, 1.165) is 3.57 Å². The van der Waals surface area contributed by atoms with Crippen molar-refractivity contribution in [2.75, 3.05) is 4.90 Å². The summed E-state index contributed by atoms with van der Waals surface area (Å²) in [6, 6.07) is 7.50. The summed E-state index contributed by atoms with van der Waals surface area (Å²) in [5, 5.41) is 10.4. The number of ketones is 2. The normalized spacial score (nSPS) is 19.0. The topological polar surface area (TPSA) is 83.6 Å². The van der Waals surface area contributed by atoms with Crippen LogP contribution in [0.2, 0.25) is 0 Å². The molecule has 5 nitrogen and oxygen atoms in total. The Hall–Kier alpha value is -1.83. The van der Waals surface area contributed by atoms with Crippen LogP contribution >= 0.6 is 22.6 Å². The number of halogens is 1. The molecule has 3 rings (SSSR count). The molecule has 0 heterocycles. The van der Waals surface area contributed by atoms with Gasteiger partial charge < -0.3 is 10.8 Å². The third-order valence-electron chi connectivity index (χ3n) is 4.29. The van der Waals surface area contributed by atoms with Crippen molar-refractivity contribution in [1.82, 2.24) is 0 Å². The number of allylic oxidation sites excluding steroid dienone is 4. The molecule has 6 heteroatoms. The number of hydrogen-bond donors (Lipinski definition) is 2. The van der Waals surface area contributed by atoms with Crippen LogP contribution in [0.5, 0.6) is 0 Å². The van der Waals surface area contributed by atoms with E-state index < -0.39 is 0 Å². The molecule has 0 spiro atoms. The van der Waals surface area contributed by atoms with Crippen LogP contribution in [0.3, 0.4) is 0 Å². The van der Waals surface area contributed by atoms with Gasteiger partial charge in [0, 0.05) is 34.2 Å². The number of Topliss-reactive ketones (excluding diaryl/α,β-unsaturated/α-hetero) is 2. The fourth-order valence-electron chi connectivity index (χ4n) is 3.18. The number of rotatable bonds is 3. The molecule has 2 aliphatic carbocycles. The predicted molar refractivity (Wildman–Crippen MR) is 100 cm³/mol. The number of nitrogens with zero attached hydrogens (tertiary/aromatic N) is 1. The fraction of sp³-hybridized carbons (Fsp3) is 0.333. The molecule has 0 radical (unpaired) electrons. The smallest absolute Gasteiger partial charge is 0.183 e. The number of carbonyl (C=O) groups excluding carboxylic acids is 2. The molecular formula is C18H19IN2O3. The number of hydrogen-bond acceptors (Lipinski definition) is 5. The molecule has 0 bridgehead atoms. The molecule has 0 saturated heterocycles. The van der Waals surface area contributed by atoms with Crippen LogP contribution in [-0.4, -0.2) is 16.7 Å². The molecule has 0 fully saturated rings. The zero-order valence-electron chi connectivity index (χ0n) is 13.2. The van der Waals surface area contributed by atoms with Crippen molar-refractivity contribution >= 4 is 39.8 Å². The van der Waals surface area contributed by atoms with Gasteiger partial charge in [-0.3, -0.25) is 14.5 Å². The Morgan fingerprint density at radius 1 is 1.00 bits per heavy atom. The van der Waals surface area contributed by atoms with Gasteiger partial charge in [-0.2, -0.15) is 0 Å². The van der Waals surface area contributed by atoms with Gasteiger partial charge in [-0.25, -0.2) is 0 Å². The van der Waals surface area contributed by atoms with E-state index in [2.05, 4.69) is 22.6 Å². The Labute approximate surface area is 154 Å². The van der Waals surface area contributed by atoms with Gasteiger partial charge in [-0.1, -0.05) is 6.07 Å². The molecule has 0 saturated carbocycles. The van der Waals surface area contributed by atoms with Gasteiger partial charge in [-0.15, -0.1) is 0 Å². The number of aliphatic hydroxyl groups is 1. The summed E-state index contributed by atoms with van der Waals surface area (Å²) in [5.74, 6) is -0.212. The maximum absolute atomic E-state index is 12.6. The zero-order chi connectivity index (χ0) is 17.3. The fourth-order valence-corrected chi connectivity index (χ4v) is 3.70. The van der Waals surface area contributed by atoms with E-state index in [0.29, 0.717) is 55.6 Å². The van der Waals surface area contributed by atoms with E-state index in [4.69, 9.17) is 5.73 Å². The number of carbonyl (C=O) groups is 2. The van der Waals surface area contributed by atoms with Crippen molar-refractivity contribution in [3.05, 3.63) is 50.7 Å². The zero-order valence-corrected chi connectivity index (χ0v) is 15.4. The van der Waals surface area contributed by atoms with E-state index in [1.54, 1.807) is 4.90 Å². The first-order chi connectivity index (χ1) is 11.5. The summed E-state index contributed by atoms with van der Waals surface area (Å²) in [5.41, 5.74) is 7.82. The minimum Gasteiger partial charge on any atom is -0.510 e. The molecule has 126 valence electrons. The Morgan fingerprint density at radius 3 is 2.29 bits per heavy atom. The largest absolute Gasteiger partial charge is 0.510 e. The van der Waals surface area contributed by atoms with E-state index >= 15 is 0 Å². The second kappa shape index (κ2) is 6.96. The second-order valence-electron chi connectivity index (χ2n) is 6.04. The second-order valence-corrected chi connectivity index (χ2v) is 7.28. The predicted octanol–water partition coefficient (Wildman–Crippen LogP) is 3.54. The Kier molecular flexibility index (Phi) is 4.93. The average Bonchev–Trinajstić information content (AvgIpc) is 2.53. The molecule has 2 aliphatic rings. The molecule has 0 amide bonds. The monoisotopic (exact) mass is 438 g/mol. The summed E-state index contributed by atoms with van der Waals surface area (Å²) in [6.45, 7) is 0. The first kappa shape index (κ1) is 17.0. The van der Waals surface area contributed by atoms with E-state index in [-0.39, 0.29) is 23.0 Å². The van der Waals surface area contributed by atoms with Gasteiger partial charge in [-0.05, 0) is 60.1 Å². The van der Waals surface area contributed by atoms with Crippen molar-refractivity contribution in [3.63, 3.8) is 0 Å². The van der Waals surface area contributed by atoms with Gasteiger partial charge >= 0.3 is 0 Å². The first-order valence-electron chi connectivity index (χ1n) is 8.02. The van der Waals surface area contributed by atoms with Crippen molar-refractivity contribution in [2.24, 2.45) is 5.73 Å². The standard InChI is InChI=1S/C18H19IN2O3/c19-11-4-1-5-12(10-11)21(17-13(20)6-2-7-14(17)22)18-15(23)8-3-9-16(18)24/h1,4-5,10,23H,2-3,6-9,20H2. The first-order valence-corrected chi connectivity index (χ1v) is 9.09. The van der Waals surface area contributed by atoms with E-state index in [1.165, 1.54) is 0 Å². The average molecular weight is 438 g/mol. The lowest BCUT2D eigenvalue weighted by Crippen LogP contribution is -2.37. The van der Waals surface area contributed by atoms with Gasteiger partial charge in [0.05, 0.1) is 0 Å². The van der Waals surface area contributed by atoms with Gasteiger partial charge in [0.15, 0.2) is 11.6 Å². The van der Waals surface area contributed by atoms with Crippen LogP contribution in [-0.2, 0) is 9.59 Å². The quantitative estimate of drug-likeness (QED) is 0.706. The van der Waals surface area contributed by atoms with Gasteiger partial charge in [0.25, 0.3) is 0 Å². The van der Waals surface area contributed by atoms with Gasteiger partial charge in [0.2, 0.25) is 0 Å². The maximum atomic E-state index is 12.6. The summed E-state index contributed by atoms with van der Waals surface area (Å²) in [6.07, 6.45) is 3.15. The molecule has 0 atom stereocenters. The van der Waals surface area contributed by atoms with Crippen LogP contribution in [0.4, 0.5) is 5.69 Å². The van der Waals surface area contributed by atoms with E-state index in [9.17, 15) is 14.7 Å². The summed E-state index contributed by atoms with van der Waals surface area (Å²) in [7, 11) is 0. The van der Waals surface area contributed by atoms with Crippen LogP contribution in [0.15, 0.2) is 47.1 Å². The van der Waals surface area contributed by atoms with Crippen LogP contribution in [0.1, 0.15) is 38.5 Å². The molecule has 24 heavy (non-hydrogen) atoms. The van der Waals surface area contributed by atoms with E-state index in [1.807, 2.05) is 24.3 Å². The minimum atomic E-state index is -0.156. The van der Waals surface area contributed by atoms with Crippen molar-refractivity contribution in [3.8, 4) is 0 Å². The number of anilines is 1. The number of nitrogens with two attached hydrogens (primary N) is 1. The highest BCUT2D eigenvalue weighted by atomic mass is 127. The van der Waals surface area contributed by atoms with Crippen LogP contribution in [0, 0.1) is 3.57 Å². The van der Waals surface area contributed by atoms with Crippen molar-refractivity contribution < 1.29 is 14.7 Å². The molecular weight excluding hydrogens is 419 g/mol. The SMILES string of the molecule is NC1=C(N(C2=C(O)CCCC2=O)c2cccc(I)c2)C(=O)CCC1. The summed E-state index contributed by atoms with van der Waals surface area (Å²) >= 11 is 2.18. The molecule has 0 aliphatic heterocycles. The van der Waals surface area contributed by atoms with Crippen molar-refractivity contribution in [2.45, 2.75) is 38.5 Å². The summed E-state index contributed by atoms with van der Waals surface area (Å²) < 4.78 is 0.973. The number of aliphatic hydroxyl groups excluding tert-OH is 1. The number of benzene rings is 1. The Balaban J connectivity index is 2.22. The highest BCUT2D eigenvalue weighted by Crippen LogP contribution is 2.35. The van der Waals surface area contributed by atoms with Crippen molar-refractivity contribution in [1.29, 1.82) is 0 Å².